The lowest BCUT2D eigenvalue weighted by Crippen LogP contribution is -2.57. The zero-order valence-corrected chi connectivity index (χ0v) is 27.9. The van der Waals surface area contributed by atoms with Gasteiger partial charge in [0, 0.05) is 22.5 Å². The minimum atomic E-state index is -4.02. The minimum absolute atomic E-state index is 0.0828. The number of nitrogens with zero attached hydrogens (tertiary/aromatic N) is 3. The van der Waals surface area contributed by atoms with Gasteiger partial charge in [-0.3, -0.25) is 14.6 Å². The molecule has 2 heterocycles. The number of sulfonamides is 1. The Morgan fingerprint density at radius 3 is 2.43 bits per heavy atom. The van der Waals surface area contributed by atoms with Crippen LogP contribution in [0.25, 0.3) is 0 Å². The van der Waals surface area contributed by atoms with E-state index in [4.69, 9.17) is 27.9 Å². The van der Waals surface area contributed by atoms with E-state index < -0.39 is 44.9 Å². The van der Waals surface area contributed by atoms with Crippen molar-refractivity contribution in [3.05, 3.63) is 111 Å². The van der Waals surface area contributed by atoms with Gasteiger partial charge in [-0.25, -0.2) is 17.8 Å². The Morgan fingerprint density at radius 1 is 1.04 bits per heavy atom. The first-order valence-corrected chi connectivity index (χ1v) is 17.9. The molecule has 0 bridgehead atoms. The lowest BCUT2D eigenvalue weighted by atomic mass is 9.88. The van der Waals surface area contributed by atoms with Crippen LogP contribution in [0, 0.1) is 18.7 Å². The van der Waals surface area contributed by atoms with Gasteiger partial charge in [0.1, 0.15) is 23.8 Å². The predicted octanol–water partition coefficient (Wildman–Crippen LogP) is 6.95. The summed E-state index contributed by atoms with van der Waals surface area (Å²) in [5, 5.41) is 8.16. The van der Waals surface area contributed by atoms with Gasteiger partial charge in [0.25, 0.3) is 5.91 Å². The third kappa shape index (κ3) is 6.50. The first-order valence-electron chi connectivity index (χ1n) is 15.7. The van der Waals surface area contributed by atoms with E-state index in [1.165, 1.54) is 18.2 Å². The van der Waals surface area contributed by atoms with E-state index in [9.17, 15) is 17.6 Å². The fourth-order valence-corrected chi connectivity index (χ4v) is 8.75. The van der Waals surface area contributed by atoms with E-state index in [-0.39, 0.29) is 30.4 Å². The molecule has 3 aliphatic rings. The minimum Gasteiger partial charge on any atom is -0.357 e. The largest absolute Gasteiger partial charge is 0.357 e. The highest BCUT2D eigenvalue weighted by Crippen LogP contribution is 2.55. The molecule has 1 aromatic heterocycles. The first-order chi connectivity index (χ1) is 22.5. The van der Waals surface area contributed by atoms with Gasteiger partial charge in [0.2, 0.25) is 10.0 Å². The molecule has 3 fully saturated rings. The van der Waals surface area contributed by atoms with Gasteiger partial charge in [-0.05, 0) is 92.5 Å². The van der Waals surface area contributed by atoms with Crippen LogP contribution in [-0.2, 0) is 26.0 Å². The number of carbonyl (C=O) groups is 1. The molecule has 1 amide bonds. The van der Waals surface area contributed by atoms with Crippen LogP contribution in [0.15, 0.2) is 72.8 Å². The zero-order valence-electron chi connectivity index (χ0n) is 25.6. The van der Waals surface area contributed by atoms with E-state index in [0.717, 1.165) is 24.0 Å². The summed E-state index contributed by atoms with van der Waals surface area (Å²) in [6.45, 7) is 1.78. The van der Waals surface area contributed by atoms with Crippen molar-refractivity contribution < 1.29 is 22.3 Å². The number of rotatable bonds is 11. The topological polar surface area (TPSA) is 117 Å². The van der Waals surface area contributed by atoms with Crippen LogP contribution in [0.1, 0.15) is 67.0 Å². The Labute approximate surface area is 282 Å². The molecular formula is C34H34Cl2FN5O4S. The monoisotopic (exact) mass is 697 g/mol. The summed E-state index contributed by atoms with van der Waals surface area (Å²) in [4.78, 5) is 21.1. The molecule has 0 spiro atoms. The average Bonchev–Trinajstić information content (AvgIpc) is 3.97. The SMILES string of the molecule is Cc1nc(C[C@H]2O[C@H](c3cccc(Cl)c3)[C@@H](c3ccc(Cl)cc3)N([C@@H](CC3(S(=O)(=O)Nc4ccccc4F)CC3)C3CC3)C2=O)n[nH]1. The molecule has 4 atom stereocenters. The molecule has 1 saturated heterocycles. The number of hydrogen-bond donors (Lipinski definition) is 2. The summed E-state index contributed by atoms with van der Waals surface area (Å²) in [6, 6.07) is 19.3. The number of para-hydroxylation sites is 1. The molecule has 47 heavy (non-hydrogen) atoms. The van der Waals surface area contributed by atoms with Crippen LogP contribution in [-0.4, -0.2) is 51.3 Å². The molecule has 2 aliphatic carbocycles. The van der Waals surface area contributed by atoms with Gasteiger partial charge in [-0.1, -0.05) is 59.6 Å². The number of benzene rings is 3. The van der Waals surface area contributed by atoms with Crippen molar-refractivity contribution in [3.63, 3.8) is 0 Å². The van der Waals surface area contributed by atoms with E-state index in [1.807, 2.05) is 35.2 Å². The number of hydrogen-bond acceptors (Lipinski definition) is 6. The summed E-state index contributed by atoms with van der Waals surface area (Å²) < 4.78 is 50.5. The highest BCUT2D eigenvalue weighted by atomic mass is 35.5. The number of H-pyrrole nitrogens is 1. The lowest BCUT2D eigenvalue weighted by molar-refractivity contribution is -0.180. The summed E-state index contributed by atoms with van der Waals surface area (Å²) >= 11 is 12.8. The van der Waals surface area contributed by atoms with Crippen molar-refractivity contribution in [2.75, 3.05) is 4.72 Å². The summed E-state index contributed by atoms with van der Waals surface area (Å²) in [7, 11) is -4.02. The van der Waals surface area contributed by atoms with Crippen LogP contribution < -0.4 is 4.72 Å². The van der Waals surface area contributed by atoms with E-state index >= 15 is 0 Å². The molecule has 2 N–H and O–H groups in total. The van der Waals surface area contributed by atoms with Crippen molar-refractivity contribution >= 4 is 44.8 Å². The number of nitrogens with one attached hydrogen (secondary N) is 2. The number of aryl methyl sites for hydroxylation is 1. The lowest BCUT2D eigenvalue weighted by Gasteiger charge is -2.49. The number of halogens is 3. The third-order valence-corrected chi connectivity index (χ3v) is 12.1. The van der Waals surface area contributed by atoms with Crippen molar-refractivity contribution in [1.82, 2.24) is 20.1 Å². The standard InChI is InChI=1S/C34H34Cl2FN5O4S/c1-20-38-30(40-39-20)18-29-33(43)42(31(22-11-13-24(35)14-12-22)32(46-29)23-5-4-6-25(36)17-23)28(21-9-10-21)19-34(15-16-34)47(44,45)41-27-8-3-2-7-26(27)37/h2-8,11-14,17,21,28-29,31-32,41H,9-10,15-16,18-19H2,1H3,(H,38,39,40)/t28-,29+,31+,32+/m0/s1. The second-order valence-corrected chi connectivity index (χ2v) is 15.7. The fourth-order valence-electron chi connectivity index (χ4n) is 6.72. The molecule has 13 heteroatoms. The number of aromatic amines is 1. The number of ether oxygens (including phenoxy) is 1. The van der Waals surface area contributed by atoms with Gasteiger partial charge in [0.05, 0.1) is 16.5 Å². The molecule has 7 rings (SSSR count). The molecule has 1 aliphatic heterocycles. The normalized spacial score (nSPS) is 23.0. The van der Waals surface area contributed by atoms with Crippen LogP contribution in [0.4, 0.5) is 10.1 Å². The Kier molecular flexibility index (Phi) is 8.53. The molecule has 246 valence electrons. The average molecular weight is 699 g/mol. The maximum absolute atomic E-state index is 14.8. The van der Waals surface area contributed by atoms with Crippen molar-refractivity contribution in [2.45, 2.75) is 74.5 Å². The van der Waals surface area contributed by atoms with Crippen LogP contribution in [0.2, 0.25) is 10.0 Å². The fraction of sp³-hybridized carbons (Fsp3) is 0.382. The number of aromatic nitrogens is 3. The van der Waals surface area contributed by atoms with Crippen LogP contribution in [0.3, 0.4) is 0 Å². The number of amides is 1. The van der Waals surface area contributed by atoms with Crippen molar-refractivity contribution in [1.29, 1.82) is 0 Å². The van der Waals surface area contributed by atoms with E-state index in [2.05, 4.69) is 19.9 Å². The number of anilines is 1. The molecule has 2 saturated carbocycles. The number of morpholine rings is 1. The van der Waals surface area contributed by atoms with Crippen molar-refractivity contribution in [2.24, 2.45) is 5.92 Å². The zero-order chi connectivity index (χ0) is 32.9. The molecule has 4 aromatic rings. The Morgan fingerprint density at radius 2 is 1.79 bits per heavy atom. The second-order valence-electron chi connectivity index (χ2n) is 12.8. The quantitative estimate of drug-likeness (QED) is 0.175. The summed E-state index contributed by atoms with van der Waals surface area (Å²) in [5.74, 6) is 0.224. The smallest absolute Gasteiger partial charge is 0.253 e. The summed E-state index contributed by atoms with van der Waals surface area (Å²) in [6.07, 6.45) is 1.25. The highest BCUT2D eigenvalue weighted by Gasteiger charge is 2.60. The molecular weight excluding hydrogens is 664 g/mol. The predicted molar refractivity (Wildman–Crippen MR) is 177 cm³/mol. The Balaban J connectivity index is 1.31. The van der Waals surface area contributed by atoms with Gasteiger partial charge >= 0.3 is 0 Å². The third-order valence-electron chi connectivity index (χ3n) is 9.43. The van der Waals surface area contributed by atoms with Gasteiger partial charge in [0.15, 0.2) is 5.82 Å². The Bertz CT molecular complexity index is 1900. The molecule has 0 radical (unpaired) electrons. The van der Waals surface area contributed by atoms with Gasteiger partial charge < -0.3 is 9.64 Å². The van der Waals surface area contributed by atoms with E-state index in [0.29, 0.717) is 34.5 Å². The first kappa shape index (κ1) is 32.1. The van der Waals surface area contributed by atoms with Crippen LogP contribution in [0.5, 0.6) is 0 Å². The number of carbonyl (C=O) groups excluding carboxylic acids is 1. The van der Waals surface area contributed by atoms with Gasteiger partial charge in [-0.15, -0.1) is 0 Å². The Hall–Kier alpha value is -3.51. The van der Waals surface area contributed by atoms with Crippen LogP contribution >= 0.6 is 23.2 Å². The molecule has 0 unspecified atom stereocenters. The molecule has 3 aromatic carbocycles. The molecule has 9 nitrogen and oxygen atoms in total. The summed E-state index contributed by atoms with van der Waals surface area (Å²) in [5.41, 5.74) is 1.48. The maximum Gasteiger partial charge on any atom is 0.253 e. The van der Waals surface area contributed by atoms with Gasteiger partial charge in [-0.2, -0.15) is 5.10 Å². The van der Waals surface area contributed by atoms with E-state index in [1.54, 1.807) is 31.2 Å². The highest BCUT2D eigenvalue weighted by molar-refractivity contribution is 7.94. The second kappa shape index (κ2) is 12.5. The maximum atomic E-state index is 14.8. The van der Waals surface area contributed by atoms with Crippen molar-refractivity contribution in [3.8, 4) is 0 Å².